The number of aryl methyl sites for hydroxylation is 1. The third-order valence-corrected chi connectivity index (χ3v) is 4.00. The molecule has 2 rings (SSSR count). The van der Waals surface area contributed by atoms with Gasteiger partial charge in [-0.15, -0.1) is 11.8 Å². The first kappa shape index (κ1) is 16.9. The minimum atomic E-state index is -1.08. The van der Waals surface area contributed by atoms with Gasteiger partial charge in [-0.2, -0.15) is 0 Å². The fourth-order valence-electron chi connectivity index (χ4n) is 2.14. The number of rotatable bonds is 5. The van der Waals surface area contributed by atoms with Crippen LogP contribution in [0.4, 0.5) is 10.5 Å². The molecule has 0 aliphatic rings. The van der Waals surface area contributed by atoms with Crippen LogP contribution in [-0.4, -0.2) is 23.4 Å². The summed E-state index contributed by atoms with van der Waals surface area (Å²) >= 11 is 1.59. The van der Waals surface area contributed by atoms with Crippen LogP contribution in [0.1, 0.15) is 22.8 Å². The average molecular weight is 331 g/mol. The highest BCUT2D eigenvalue weighted by Gasteiger charge is 2.16. The number of aromatic carboxylic acids is 1. The van der Waals surface area contributed by atoms with Gasteiger partial charge in [0.05, 0.1) is 11.3 Å². The van der Waals surface area contributed by atoms with Crippen LogP contribution < -0.4 is 10.1 Å². The highest BCUT2D eigenvalue weighted by atomic mass is 32.2. The fraction of sp³-hybridized carbons (Fsp3) is 0.176. The monoisotopic (exact) mass is 331 g/mol. The van der Waals surface area contributed by atoms with E-state index in [0.29, 0.717) is 17.7 Å². The quantitative estimate of drug-likeness (QED) is 0.800. The van der Waals surface area contributed by atoms with Crippen LogP contribution in [0.25, 0.3) is 0 Å². The summed E-state index contributed by atoms with van der Waals surface area (Å²) in [5.41, 5.74) is 0.965. The predicted molar refractivity (Wildman–Crippen MR) is 90.6 cm³/mol. The number of ether oxygens (including phenoxy) is 1. The van der Waals surface area contributed by atoms with Crippen molar-refractivity contribution in [1.29, 1.82) is 0 Å². The molecular weight excluding hydrogens is 314 g/mol. The van der Waals surface area contributed by atoms with Gasteiger partial charge in [0.1, 0.15) is 5.75 Å². The SMILES string of the molecule is CCc1cccc(NC(=O)Oc2ccc(SC)cc2)c1C(=O)O. The maximum atomic E-state index is 12.0. The van der Waals surface area contributed by atoms with Crippen molar-refractivity contribution < 1.29 is 19.4 Å². The number of hydrogen-bond donors (Lipinski definition) is 2. The van der Waals surface area contributed by atoms with Crippen molar-refractivity contribution in [2.24, 2.45) is 0 Å². The minimum absolute atomic E-state index is 0.0877. The Labute approximate surface area is 138 Å². The summed E-state index contributed by atoms with van der Waals surface area (Å²) in [5, 5.41) is 11.8. The van der Waals surface area contributed by atoms with Gasteiger partial charge in [0.2, 0.25) is 0 Å². The molecule has 0 heterocycles. The van der Waals surface area contributed by atoms with E-state index in [4.69, 9.17) is 4.74 Å². The van der Waals surface area contributed by atoms with Crippen molar-refractivity contribution in [2.45, 2.75) is 18.2 Å². The van der Waals surface area contributed by atoms with Gasteiger partial charge in [-0.25, -0.2) is 9.59 Å². The van der Waals surface area contributed by atoms with Crippen LogP contribution >= 0.6 is 11.8 Å². The first-order valence-corrected chi connectivity index (χ1v) is 8.25. The van der Waals surface area contributed by atoms with Gasteiger partial charge < -0.3 is 9.84 Å². The van der Waals surface area contributed by atoms with E-state index in [9.17, 15) is 14.7 Å². The van der Waals surface area contributed by atoms with Crippen LogP contribution in [0.2, 0.25) is 0 Å². The number of carboxylic acid groups (broad SMARTS) is 1. The zero-order chi connectivity index (χ0) is 16.8. The van der Waals surface area contributed by atoms with Gasteiger partial charge >= 0.3 is 12.1 Å². The molecule has 23 heavy (non-hydrogen) atoms. The Hall–Kier alpha value is -2.47. The number of hydrogen-bond acceptors (Lipinski definition) is 4. The molecule has 5 nitrogen and oxygen atoms in total. The van der Waals surface area contributed by atoms with E-state index >= 15 is 0 Å². The number of anilines is 1. The summed E-state index contributed by atoms with van der Waals surface area (Å²) in [6.45, 7) is 1.86. The second kappa shape index (κ2) is 7.69. The molecule has 2 N–H and O–H groups in total. The van der Waals surface area contributed by atoms with Crippen molar-refractivity contribution in [2.75, 3.05) is 11.6 Å². The Bertz CT molecular complexity index is 713. The molecule has 0 atom stereocenters. The smallest absolute Gasteiger partial charge is 0.417 e. The maximum absolute atomic E-state index is 12.0. The molecule has 0 bridgehead atoms. The summed E-state index contributed by atoms with van der Waals surface area (Å²) in [4.78, 5) is 24.5. The number of carbonyl (C=O) groups is 2. The molecule has 1 amide bonds. The molecule has 0 radical (unpaired) electrons. The summed E-state index contributed by atoms with van der Waals surface area (Å²) in [7, 11) is 0. The molecule has 2 aromatic rings. The van der Waals surface area contributed by atoms with E-state index in [-0.39, 0.29) is 11.3 Å². The second-order valence-corrected chi connectivity index (χ2v) is 5.57. The van der Waals surface area contributed by atoms with E-state index in [1.165, 1.54) is 0 Å². The molecular formula is C17H17NO4S. The number of amides is 1. The van der Waals surface area contributed by atoms with E-state index in [1.54, 1.807) is 42.1 Å². The van der Waals surface area contributed by atoms with E-state index in [2.05, 4.69) is 5.32 Å². The van der Waals surface area contributed by atoms with Crippen LogP contribution in [0, 0.1) is 0 Å². The number of carbonyl (C=O) groups excluding carboxylic acids is 1. The predicted octanol–water partition coefficient (Wildman–Crippen LogP) is 4.28. The fourth-order valence-corrected chi connectivity index (χ4v) is 2.55. The Morgan fingerprint density at radius 1 is 1.17 bits per heavy atom. The van der Waals surface area contributed by atoms with Crippen LogP contribution in [-0.2, 0) is 6.42 Å². The molecule has 0 unspecified atom stereocenters. The van der Waals surface area contributed by atoms with Gasteiger partial charge in [0.25, 0.3) is 0 Å². The molecule has 0 aliphatic heterocycles. The molecule has 0 saturated carbocycles. The van der Waals surface area contributed by atoms with Gasteiger partial charge in [0, 0.05) is 4.90 Å². The van der Waals surface area contributed by atoms with E-state index < -0.39 is 12.1 Å². The van der Waals surface area contributed by atoms with Crippen molar-refractivity contribution in [3.05, 3.63) is 53.6 Å². The first-order chi connectivity index (χ1) is 11.0. The Balaban J connectivity index is 2.15. The lowest BCUT2D eigenvalue weighted by atomic mass is 10.0. The highest BCUT2D eigenvalue weighted by molar-refractivity contribution is 7.98. The average Bonchev–Trinajstić information content (AvgIpc) is 2.54. The molecule has 2 aromatic carbocycles. The van der Waals surface area contributed by atoms with E-state index in [0.717, 1.165) is 4.90 Å². The van der Waals surface area contributed by atoms with Crippen molar-refractivity contribution in [3.63, 3.8) is 0 Å². The number of nitrogens with one attached hydrogen (secondary N) is 1. The van der Waals surface area contributed by atoms with Crippen LogP contribution in [0.5, 0.6) is 5.75 Å². The first-order valence-electron chi connectivity index (χ1n) is 7.03. The molecule has 0 fully saturated rings. The third-order valence-electron chi connectivity index (χ3n) is 3.25. The number of carboxylic acids is 1. The standard InChI is InChI=1S/C17H17NO4S/c1-3-11-5-4-6-14(15(11)16(19)20)18-17(21)22-12-7-9-13(23-2)10-8-12/h4-10H,3H2,1-2H3,(H,18,21)(H,19,20). The topological polar surface area (TPSA) is 75.6 Å². The molecule has 0 saturated heterocycles. The van der Waals surface area contributed by atoms with E-state index in [1.807, 2.05) is 25.3 Å². The second-order valence-electron chi connectivity index (χ2n) is 4.69. The lowest BCUT2D eigenvalue weighted by Crippen LogP contribution is -2.19. The Morgan fingerprint density at radius 3 is 2.43 bits per heavy atom. The zero-order valence-electron chi connectivity index (χ0n) is 12.8. The molecule has 120 valence electrons. The van der Waals surface area contributed by atoms with Crippen LogP contribution in [0.15, 0.2) is 47.4 Å². The zero-order valence-corrected chi connectivity index (χ0v) is 13.6. The normalized spacial score (nSPS) is 10.2. The third kappa shape index (κ3) is 4.26. The maximum Gasteiger partial charge on any atom is 0.417 e. The van der Waals surface area contributed by atoms with Gasteiger partial charge in [-0.1, -0.05) is 19.1 Å². The summed E-state index contributed by atoms with van der Waals surface area (Å²) < 4.78 is 5.17. The lowest BCUT2D eigenvalue weighted by molar-refractivity contribution is 0.0697. The summed E-state index contributed by atoms with van der Waals surface area (Å²) in [6, 6.07) is 12.0. The van der Waals surface area contributed by atoms with Crippen molar-refractivity contribution in [1.82, 2.24) is 0 Å². The summed E-state index contributed by atoms with van der Waals surface area (Å²) in [5.74, 6) is -0.689. The Morgan fingerprint density at radius 2 is 1.87 bits per heavy atom. The van der Waals surface area contributed by atoms with Gasteiger partial charge in [0.15, 0.2) is 0 Å². The molecule has 0 aromatic heterocycles. The van der Waals surface area contributed by atoms with Gasteiger partial charge in [-0.3, -0.25) is 5.32 Å². The van der Waals surface area contributed by atoms with Gasteiger partial charge in [-0.05, 0) is 48.6 Å². The number of thioether (sulfide) groups is 1. The summed E-state index contributed by atoms with van der Waals surface area (Å²) in [6.07, 6.45) is 1.79. The van der Waals surface area contributed by atoms with Crippen molar-refractivity contribution in [3.8, 4) is 5.75 Å². The lowest BCUT2D eigenvalue weighted by Gasteiger charge is -2.12. The molecule has 6 heteroatoms. The molecule has 0 aliphatic carbocycles. The highest BCUT2D eigenvalue weighted by Crippen LogP contribution is 2.22. The van der Waals surface area contributed by atoms with Crippen molar-refractivity contribution >= 4 is 29.5 Å². The number of benzene rings is 2. The largest absolute Gasteiger partial charge is 0.478 e. The minimum Gasteiger partial charge on any atom is -0.478 e. The van der Waals surface area contributed by atoms with Crippen LogP contribution in [0.3, 0.4) is 0 Å². The molecule has 0 spiro atoms. The Kier molecular flexibility index (Phi) is 5.65.